The molecule has 1 unspecified atom stereocenters. The monoisotopic (exact) mass is 540 g/mol. The molecule has 2 aromatic rings. The number of piperazine rings is 1. The molecular weight excluding hydrogens is 511 g/mol. The highest BCUT2D eigenvalue weighted by molar-refractivity contribution is 6.35. The van der Waals surface area contributed by atoms with Crippen molar-refractivity contribution >= 4 is 29.2 Å². The minimum Gasteiger partial charge on any atom is -0.507 e. The van der Waals surface area contributed by atoms with Crippen molar-refractivity contribution in [3.8, 4) is 22.8 Å². The lowest BCUT2D eigenvalue weighted by atomic mass is 9.93. The first-order valence-corrected chi connectivity index (χ1v) is 13.6. The van der Waals surface area contributed by atoms with E-state index in [-0.39, 0.29) is 63.3 Å². The number of hydrogen-bond acceptors (Lipinski definition) is 6. The summed E-state index contributed by atoms with van der Waals surface area (Å²) in [5.74, 6) is -0.845. The number of aromatic hydroxyl groups is 1. The van der Waals surface area contributed by atoms with Crippen molar-refractivity contribution < 1.29 is 23.8 Å². The topological polar surface area (TPSA) is 86.2 Å². The molecule has 3 fully saturated rings. The zero-order chi connectivity index (χ0) is 26.6. The van der Waals surface area contributed by atoms with Gasteiger partial charge in [-0.25, -0.2) is 9.37 Å². The summed E-state index contributed by atoms with van der Waals surface area (Å²) in [4.78, 5) is 36.9. The summed E-state index contributed by atoms with van der Waals surface area (Å²) < 4.78 is 21.3. The van der Waals surface area contributed by atoms with Gasteiger partial charge >= 0.3 is 0 Å². The number of carbonyl (C=O) groups is 2. The van der Waals surface area contributed by atoms with E-state index in [4.69, 9.17) is 21.3 Å². The van der Waals surface area contributed by atoms with E-state index in [2.05, 4.69) is 11.5 Å². The van der Waals surface area contributed by atoms with Gasteiger partial charge in [0.05, 0.1) is 11.6 Å². The van der Waals surface area contributed by atoms with Gasteiger partial charge in [-0.1, -0.05) is 37.1 Å². The molecule has 10 heteroatoms. The molecule has 0 radical (unpaired) electrons. The predicted octanol–water partition coefficient (Wildman–Crippen LogP) is 4.39. The Kier molecular flexibility index (Phi) is 6.21. The fraction of sp³-hybridized carbons (Fsp3) is 0.464. The van der Waals surface area contributed by atoms with Crippen molar-refractivity contribution in [3.05, 3.63) is 47.3 Å². The number of phenolic OH excluding ortho intramolecular Hbond substituents is 1. The van der Waals surface area contributed by atoms with Gasteiger partial charge in [0.2, 0.25) is 5.91 Å². The second kappa shape index (κ2) is 9.45. The van der Waals surface area contributed by atoms with Crippen LogP contribution in [0.3, 0.4) is 0 Å². The number of anilines is 1. The lowest BCUT2D eigenvalue weighted by molar-refractivity contribution is -0.128. The van der Waals surface area contributed by atoms with Crippen LogP contribution in [-0.4, -0.2) is 76.1 Å². The molecule has 6 rings (SSSR count). The minimum absolute atomic E-state index is 0.0176. The van der Waals surface area contributed by atoms with E-state index in [1.165, 1.54) is 24.3 Å². The highest BCUT2D eigenvalue weighted by atomic mass is 35.5. The Labute approximate surface area is 225 Å². The molecule has 4 aliphatic rings. The van der Waals surface area contributed by atoms with Crippen molar-refractivity contribution in [2.24, 2.45) is 0 Å². The Balaban J connectivity index is 1.53. The van der Waals surface area contributed by atoms with Gasteiger partial charge in [0, 0.05) is 31.7 Å². The molecule has 1 N–H and O–H groups in total. The summed E-state index contributed by atoms with van der Waals surface area (Å²) in [5, 5.41) is 10.6. The van der Waals surface area contributed by atoms with Crippen molar-refractivity contribution in [1.29, 1.82) is 0 Å². The van der Waals surface area contributed by atoms with Crippen LogP contribution in [0.4, 0.5) is 10.2 Å². The number of rotatable bonds is 3. The molecule has 8 nitrogen and oxygen atoms in total. The van der Waals surface area contributed by atoms with E-state index in [0.717, 1.165) is 38.5 Å². The number of halogens is 2. The average molecular weight is 541 g/mol. The van der Waals surface area contributed by atoms with Crippen LogP contribution in [0.1, 0.15) is 48.9 Å². The van der Waals surface area contributed by atoms with E-state index in [0.29, 0.717) is 32.0 Å². The number of ether oxygens (including phenoxy) is 1. The number of carbonyl (C=O) groups excluding carboxylic acids is 2. The number of nitrogens with zero attached hydrogens (tertiary/aromatic N) is 4. The van der Waals surface area contributed by atoms with Crippen molar-refractivity contribution in [2.45, 2.75) is 50.1 Å². The quantitative estimate of drug-likeness (QED) is 0.581. The van der Waals surface area contributed by atoms with Gasteiger partial charge in [-0.15, -0.1) is 0 Å². The number of pyridine rings is 1. The van der Waals surface area contributed by atoms with Gasteiger partial charge in [-0.05, 0) is 43.9 Å². The normalized spacial score (nSPS) is 22.2. The number of aromatic nitrogens is 1. The first-order valence-electron chi connectivity index (χ1n) is 13.2. The van der Waals surface area contributed by atoms with Crippen LogP contribution >= 0.6 is 11.6 Å². The molecule has 1 atom stereocenters. The van der Waals surface area contributed by atoms with Crippen molar-refractivity contribution in [2.75, 3.05) is 37.7 Å². The Morgan fingerprint density at radius 1 is 1.18 bits per heavy atom. The third kappa shape index (κ3) is 3.82. The summed E-state index contributed by atoms with van der Waals surface area (Å²) in [5.41, 5.74) is 0.0763. The minimum atomic E-state index is -0.668. The molecule has 2 amide bonds. The average Bonchev–Trinajstić information content (AvgIpc) is 3.53. The summed E-state index contributed by atoms with van der Waals surface area (Å²) in [6, 6.07) is 3.65. The maximum Gasteiger partial charge on any atom is 0.261 e. The second-order valence-electron chi connectivity index (χ2n) is 10.6. The van der Waals surface area contributed by atoms with Crippen LogP contribution in [0.5, 0.6) is 11.5 Å². The molecule has 3 aliphatic heterocycles. The van der Waals surface area contributed by atoms with E-state index >= 15 is 4.39 Å². The second-order valence-corrected chi connectivity index (χ2v) is 11.0. The van der Waals surface area contributed by atoms with Gasteiger partial charge in [0.15, 0.2) is 5.75 Å². The summed E-state index contributed by atoms with van der Waals surface area (Å²) in [6.45, 7) is 5.42. The number of phenols is 1. The molecule has 2 saturated heterocycles. The molecule has 200 valence electrons. The number of hydrogen-bond donors (Lipinski definition) is 1. The Morgan fingerprint density at radius 2 is 1.95 bits per heavy atom. The largest absolute Gasteiger partial charge is 0.507 e. The highest BCUT2D eigenvalue weighted by Gasteiger charge is 2.47. The fourth-order valence-corrected chi connectivity index (χ4v) is 6.99. The van der Waals surface area contributed by atoms with Crippen molar-refractivity contribution in [1.82, 2.24) is 14.8 Å². The first kappa shape index (κ1) is 25.0. The van der Waals surface area contributed by atoms with Crippen LogP contribution in [-0.2, 0) is 4.79 Å². The van der Waals surface area contributed by atoms with Gasteiger partial charge in [0.1, 0.15) is 40.3 Å². The zero-order valence-electron chi connectivity index (χ0n) is 21.1. The molecule has 4 heterocycles. The summed E-state index contributed by atoms with van der Waals surface area (Å²) >= 11 is 6.84. The third-order valence-corrected chi connectivity index (χ3v) is 8.90. The Bertz CT molecular complexity index is 1300. The zero-order valence-corrected chi connectivity index (χ0v) is 21.8. The van der Waals surface area contributed by atoms with Crippen LogP contribution in [0, 0.1) is 5.82 Å². The molecule has 0 bridgehead atoms. The van der Waals surface area contributed by atoms with Crippen LogP contribution in [0.25, 0.3) is 11.3 Å². The number of benzene rings is 1. The molecule has 1 aromatic carbocycles. The van der Waals surface area contributed by atoms with Gasteiger partial charge in [-0.3, -0.25) is 9.59 Å². The van der Waals surface area contributed by atoms with Gasteiger partial charge in [0.25, 0.3) is 5.91 Å². The van der Waals surface area contributed by atoms with E-state index < -0.39 is 5.82 Å². The highest BCUT2D eigenvalue weighted by Crippen LogP contribution is 2.51. The Hall–Kier alpha value is -3.33. The predicted molar refractivity (Wildman–Crippen MR) is 141 cm³/mol. The SMILES string of the molecule is C=CC(=O)N1CCN2C(=O)c3c(N4CCCC45CCCC5)nc(-c4c(O)cccc4F)c(Cl)c3OCC2C1. The summed E-state index contributed by atoms with van der Waals surface area (Å²) in [6.07, 6.45) is 7.40. The van der Waals surface area contributed by atoms with Crippen LogP contribution in [0.15, 0.2) is 30.9 Å². The number of amides is 2. The van der Waals surface area contributed by atoms with Crippen LogP contribution < -0.4 is 9.64 Å². The van der Waals surface area contributed by atoms with Gasteiger partial charge < -0.3 is 24.5 Å². The fourth-order valence-electron chi connectivity index (χ4n) is 6.71. The molecule has 38 heavy (non-hydrogen) atoms. The Morgan fingerprint density at radius 3 is 2.68 bits per heavy atom. The maximum atomic E-state index is 15.1. The lowest BCUT2D eigenvalue weighted by Gasteiger charge is -2.40. The van der Waals surface area contributed by atoms with Crippen molar-refractivity contribution in [3.63, 3.8) is 0 Å². The third-order valence-electron chi connectivity index (χ3n) is 8.55. The maximum absolute atomic E-state index is 15.1. The molecule has 1 aromatic heterocycles. The van der Waals surface area contributed by atoms with Crippen LogP contribution in [0.2, 0.25) is 5.02 Å². The van der Waals surface area contributed by atoms with E-state index in [1.54, 1.807) is 9.80 Å². The smallest absolute Gasteiger partial charge is 0.261 e. The summed E-state index contributed by atoms with van der Waals surface area (Å²) in [7, 11) is 0. The molecule has 1 aliphatic carbocycles. The molecule has 1 saturated carbocycles. The first-order chi connectivity index (χ1) is 18.3. The van der Waals surface area contributed by atoms with Gasteiger partial charge in [-0.2, -0.15) is 0 Å². The van der Waals surface area contributed by atoms with E-state index in [1.807, 2.05) is 0 Å². The van der Waals surface area contributed by atoms with E-state index in [9.17, 15) is 14.7 Å². The molecular formula is C28H30ClFN4O4. The standard InChI is InChI=1S/C28H30ClFN4O4/c1-2-20(36)32-13-14-33-17(15-32)16-38-25-22(27(33)37)26(34-12-6-11-28(34)9-3-4-10-28)31-24(23(25)29)21-18(30)7-5-8-19(21)35/h2,5,7-8,17,35H,1,3-4,6,9-16H2. The molecule has 1 spiro atoms. The number of fused-ring (bicyclic) bond motifs is 2. The lowest BCUT2D eigenvalue weighted by Crippen LogP contribution is -2.57.